The van der Waals surface area contributed by atoms with Crippen LogP contribution in [0.15, 0.2) is 44.9 Å². The molecule has 1 fully saturated rings. The summed E-state index contributed by atoms with van der Waals surface area (Å²) in [6.45, 7) is 12.0. The predicted molar refractivity (Wildman–Crippen MR) is 140 cm³/mol. The summed E-state index contributed by atoms with van der Waals surface area (Å²) >= 11 is 1.60. The summed E-state index contributed by atoms with van der Waals surface area (Å²) in [6, 6.07) is 8.98. The number of nitrogens with zero attached hydrogens (tertiary/aromatic N) is 1. The molecule has 0 saturated carbocycles. The monoisotopic (exact) mass is 501 g/mol. The van der Waals surface area contributed by atoms with Crippen LogP contribution in [0.1, 0.15) is 52.5 Å². The molecule has 190 valence electrons. The van der Waals surface area contributed by atoms with Crippen molar-refractivity contribution >= 4 is 34.7 Å². The number of carbonyl (C=O) groups excluding carboxylic acids is 2. The largest absolute Gasteiger partial charge is 0.481 e. The van der Waals surface area contributed by atoms with Crippen LogP contribution in [0.3, 0.4) is 0 Å². The van der Waals surface area contributed by atoms with Gasteiger partial charge >= 0.3 is 5.63 Å². The molecular weight excluding hydrogens is 466 g/mol. The lowest BCUT2D eigenvalue weighted by Gasteiger charge is -2.29. The summed E-state index contributed by atoms with van der Waals surface area (Å²) in [5.41, 5.74) is 2.05. The lowest BCUT2D eigenvalue weighted by atomic mass is 10.1. The summed E-state index contributed by atoms with van der Waals surface area (Å²) in [5.74, 6) is 0.526. The third kappa shape index (κ3) is 7.68. The van der Waals surface area contributed by atoms with Gasteiger partial charge in [-0.05, 0) is 69.2 Å². The van der Waals surface area contributed by atoms with Gasteiger partial charge in [-0.2, -0.15) is 0 Å². The molecule has 0 radical (unpaired) electrons. The molecule has 8 heteroatoms. The fourth-order valence-corrected chi connectivity index (χ4v) is 4.70. The number of hydrogen-bond donors (Lipinski definition) is 0. The van der Waals surface area contributed by atoms with Crippen LogP contribution in [0.2, 0.25) is 0 Å². The van der Waals surface area contributed by atoms with Crippen molar-refractivity contribution in [2.75, 3.05) is 19.7 Å². The average molecular weight is 502 g/mol. The molecule has 0 spiro atoms. The molecule has 1 aromatic carbocycles. The normalized spacial score (nSPS) is 13.6. The zero-order chi connectivity index (χ0) is 25.8. The molecule has 1 atom stereocenters. The van der Waals surface area contributed by atoms with Gasteiger partial charge in [-0.3, -0.25) is 9.59 Å². The van der Waals surface area contributed by atoms with Crippen LogP contribution in [0.25, 0.3) is 21.4 Å². The van der Waals surface area contributed by atoms with Crippen molar-refractivity contribution in [2.24, 2.45) is 0 Å². The molecule has 1 aliphatic rings. The molecule has 0 N–H and O–H groups in total. The number of carbonyl (C=O) groups is 2. The molecule has 0 aliphatic carbocycles. The summed E-state index contributed by atoms with van der Waals surface area (Å²) in [4.78, 5) is 36.8. The summed E-state index contributed by atoms with van der Waals surface area (Å²) in [7, 11) is 0. The van der Waals surface area contributed by atoms with Crippen LogP contribution < -0.4 is 10.4 Å². The van der Waals surface area contributed by atoms with Crippen molar-refractivity contribution in [3.05, 3.63) is 51.7 Å². The third-order valence-electron chi connectivity index (χ3n) is 5.39. The Morgan fingerprint density at radius 2 is 1.89 bits per heavy atom. The molecule has 1 aliphatic heterocycles. The number of ether oxygens (including phenoxy) is 2. The SMILES string of the molecule is CC.CCOC=O.Cc1ccsc1-c1cc(=O)oc2cc(OC(C)C(=O)N3CCCCC3)ccc12. The Balaban J connectivity index is 0.000000551. The van der Waals surface area contributed by atoms with Crippen LogP contribution in [0, 0.1) is 6.92 Å². The van der Waals surface area contributed by atoms with Gasteiger partial charge in [0, 0.05) is 41.0 Å². The van der Waals surface area contributed by atoms with E-state index in [2.05, 4.69) is 4.74 Å². The number of piperidine rings is 1. The minimum Gasteiger partial charge on any atom is -0.481 e. The van der Waals surface area contributed by atoms with Crippen molar-refractivity contribution in [1.29, 1.82) is 0 Å². The van der Waals surface area contributed by atoms with Crippen LogP contribution in [-0.4, -0.2) is 43.1 Å². The van der Waals surface area contributed by atoms with Crippen molar-refractivity contribution in [2.45, 2.75) is 60.0 Å². The van der Waals surface area contributed by atoms with Gasteiger partial charge in [-0.1, -0.05) is 13.8 Å². The van der Waals surface area contributed by atoms with E-state index in [0.29, 0.717) is 24.4 Å². The first-order valence-electron chi connectivity index (χ1n) is 12.1. The van der Waals surface area contributed by atoms with Crippen LogP contribution in [0.5, 0.6) is 5.75 Å². The fraction of sp³-hybridized carbons (Fsp3) is 0.444. The van der Waals surface area contributed by atoms with Crippen molar-refractivity contribution in [3.63, 3.8) is 0 Å². The standard InChI is InChI=1S/C22H23NO4S.C3H6O2.C2H6/c1-14-8-11-28-21(14)18-13-20(24)27-19-12-16(6-7-17(18)19)26-15(2)22(25)23-9-4-3-5-10-23;1-2-5-3-4;1-2/h6-8,11-13,15H,3-5,9-10H2,1-2H3;3H,2H2,1H3;1-2H3. The second-order valence-corrected chi connectivity index (χ2v) is 8.68. The van der Waals surface area contributed by atoms with Crippen LogP contribution >= 0.6 is 11.3 Å². The number of likely N-dealkylation sites (tertiary alicyclic amines) is 1. The van der Waals surface area contributed by atoms with Gasteiger partial charge in [0.2, 0.25) is 0 Å². The lowest BCUT2D eigenvalue weighted by molar-refractivity contribution is -0.138. The molecule has 3 aromatic rings. The topological polar surface area (TPSA) is 86.0 Å². The molecule has 35 heavy (non-hydrogen) atoms. The molecule has 2 aromatic heterocycles. The lowest BCUT2D eigenvalue weighted by Crippen LogP contribution is -2.43. The van der Waals surface area contributed by atoms with E-state index in [4.69, 9.17) is 9.15 Å². The Morgan fingerprint density at radius 1 is 1.17 bits per heavy atom. The third-order valence-corrected chi connectivity index (χ3v) is 6.44. The first kappa shape index (κ1) is 28.1. The molecule has 3 heterocycles. The number of aryl methyl sites for hydroxylation is 1. The van der Waals surface area contributed by atoms with Gasteiger partial charge < -0.3 is 18.8 Å². The van der Waals surface area contributed by atoms with Crippen molar-refractivity contribution < 1.29 is 23.5 Å². The first-order chi connectivity index (χ1) is 16.9. The Labute approximate surface area is 210 Å². The van der Waals surface area contributed by atoms with Gasteiger partial charge in [0.15, 0.2) is 6.10 Å². The van der Waals surface area contributed by atoms with E-state index in [-0.39, 0.29) is 5.91 Å². The zero-order valence-electron chi connectivity index (χ0n) is 21.2. The number of rotatable bonds is 6. The molecule has 4 rings (SSSR count). The highest BCUT2D eigenvalue weighted by molar-refractivity contribution is 7.13. The number of thiophene rings is 1. The van der Waals surface area contributed by atoms with E-state index in [1.807, 2.05) is 49.3 Å². The van der Waals surface area contributed by atoms with E-state index in [1.54, 1.807) is 31.3 Å². The molecule has 7 nitrogen and oxygen atoms in total. The van der Waals surface area contributed by atoms with Crippen LogP contribution in [-0.2, 0) is 14.3 Å². The number of fused-ring (bicyclic) bond motifs is 1. The molecule has 1 saturated heterocycles. The highest BCUT2D eigenvalue weighted by Gasteiger charge is 2.23. The Hall–Kier alpha value is -3.13. The van der Waals surface area contributed by atoms with Crippen molar-refractivity contribution in [3.8, 4) is 16.2 Å². The highest BCUT2D eigenvalue weighted by Crippen LogP contribution is 2.35. The molecular formula is C27H35NO6S. The van der Waals surface area contributed by atoms with Crippen LogP contribution in [0.4, 0.5) is 0 Å². The van der Waals surface area contributed by atoms with Crippen molar-refractivity contribution in [1.82, 2.24) is 4.90 Å². The van der Waals surface area contributed by atoms with Gasteiger partial charge in [0.05, 0.1) is 6.61 Å². The zero-order valence-corrected chi connectivity index (χ0v) is 22.0. The summed E-state index contributed by atoms with van der Waals surface area (Å²) in [5, 5.41) is 2.86. The van der Waals surface area contributed by atoms with E-state index < -0.39 is 11.7 Å². The first-order valence-corrected chi connectivity index (χ1v) is 13.0. The minimum absolute atomic E-state index is 0.00390. The summed E-state index contributed by atoms with van der Waals surface area (Å²) < 4.78 is 15.4. The average Bonchev–Trinajstić information content (AvgIpc) is 3.31. The molecule has 1 amide bonds. The maximum atomic E-state index is 12.6. The van der Waals surface area contributed by atoms with Gasteiger partial charge in [-0.25, -0.2) is 4.79 Å². The maximum Gasteiger partial charge on any atom is 0.336 e. The minimum atomic E-state index is -0.579. The Kier molecular flexibility index (Phi) is 11.5. The highest BCUT2D eigenvalue weighted by atomic mass is 32.1. The van der Waals surface area contributed by atoms with E-state index >= 15 is 0 Å². The number of amides is 1. The smallest absolute Gasteiger partial charge is 0.336 e. The fourth-order valence-electron chi connectivity index (χ4n) is 3.75. The number of hydrogen-bond acceptors (Lipinski definition) is 7. The van der Waals surface area contributed by atoms with E-state index in [9.17, 15) is 14.4 Å². The maximum absolute atomic E-state index is 12.6. The van der Waals surface area contributed by atoms with E-state index in [1.165, 1.54) is 12.5 Å². The molecule has 0 bridgehead atoms. The molecule has 1 unspecified atom stereocenters. The van der Waals surface area contributed by atoms with Gasteiger partial charge in [0.25, 0.3) is 12.4 Å². The predicted octanol–water partition coefficient (Wildman–Crippen LogP) is 5.82. The quantitative estimate of drug-likeness (QED) is 0.313. The Morgan fingerprint density at radius 3 is 2.46 bits per heavy atom. The Bertz CT molecular complexity index is 1150. The van der Waals surface area contributed by atoms with Gasteiger partial charge in [-0.15, -0.1) is 11.3 Å². The van der Waals surface area contributed by atoms with Gasteiger partial charge in [0.1, 0.15) is 11.3 Å². The van der Waals surface area contributed by atoms with E-state index in [0.717, 1.165) is 47.3 Å². The number of benzene rings is 1. The second-order valence-electron chi connectivity index (χ2n) is 7.77. The second kappa shape index (κ2) is 14.3. The summed E-state index contributed by atoms with van der Waals surface area (Å²) in [6.07, 6.45) is 2.69.